The summed E-state index contributed by atoms with van der Waals surface area (Å²) in [5, 5.41) is 9.95. The van der Waals surface area contributed by atoms with Crippen LogP contribution in [0.15, 0.2) is 42.9 Å². The lowest BCUT2D eigenvalue weighted by Gasteiger charge is -2.44. The normalized spacial score (nSPS) is 18.5. The second-order valence-corrected chi connectivity index (χ2v) is 9.80. The fourth-order valence-corrected chi connectivity index (χ4v) is 4.88. The number of ether oxygens (including phenoxy) is 1. The Hall–Kier alpha value is -4.12. The van der Waals surface area contributed by atoms with E-state index in [1.54, 1.807) is 37.4 Å². The number of anilines is 2. The van der Waals surface area contributed by atoms with Gasteiger partial charge < -0.3 is 19.1 Å². The zero-order valence-corrected chi connectivity index (χ0v) is 20.4. The summed E-state index contributed by atoms with van der Waals surface area (Å²) < 4.78 is 36.8. The molecule has 3 aromatic heterocycles. The van der Waals surface area contributed by atoms with E-state index >= 15 is 4.39 Å². The quantitative estimate of drug-likeness (QED) is 0.454. The first-order chi connectivity index (χ1) is 17.6. The van der Waals surface area contributed by atoms with Crippen molar-refractivity contribution < 1.29 is 23.4 Å². The van der Waals surface area contributed by atoms with Gasteiger partial charge in [0, 0.05) is 35.8 Å². The van der Waals surface area contributed by atoms with Crippen LogP contribution >= 0.6 is 0 Å². The molecular formula is C26H24F2N6O3. The van der Waals surface area contributed by atoms with Crippen LogP contribution in [0.3, 0.4) is 0 Å². The number of nitrogens with zero attached hydrogens (tertiary/aromatic N) is 6. The lowest BCUT2D eigenvalue weighted by atomic mass is 9.98. The lowest BCUT2D eigenvalue weighted by molar-refractivity contribution is -0.125. The predicted octanol–water partition coefficient (Wildman–Crippen LogP) is 3.26. The number of β-amino-alcohol motifs (C(OH)–C–C–N with tert-alkyl or cyclic N) is 1. The van der Waals surface area contributed by atoms with E-state index in [0.29, 0.717) is 47.3 Å². The van der Waals surface area contributed by atoms with E-state index in [1.807, 2.05) is 4.90 Å². The fourth-order valence-electron chi connectivity index (χ4n) is 4.88. The molecule has 0 aliphatic carbocycles. The van der Waals surface area contributed by atoms with E-state index in [9.17, 15) is 14.3 Å². The number of hydrogen-bond donors (Lipinski definition) is 1. The molecule has 1 saturated heterocycles. The molecule has 11 heteroatoms. The molecule has 1 amide bonds. The minimum Gasteiger partial charge on any atom is -0.476 e. The summed E-state index contributed by atoms with van der Waals surface area (Å²) in [6.07, 6.45) is 3.82. The molecule has 0 saturated carbocycles. The molecule has 9 nitrogen and oxygen atoms in total. The summed E-state index contributed by atoms with van der Waals surface area (Å²) in [5.41, 5.74) is 1.93. The van der Waals surface area contributed by atoms with Gasteiger partial charge in [0.15, 0.2) is 17.7 Å². The second-order valence-electron chi connectivity index (χ2n) is 9.80. The van der Waals surface area contributed by atoms with Gasteiger partial charge in [-0.3, -0.25) is 9.69 Å². The number of benzene rings is 1. The highest BCUT2D eigenvalue weighted by Crippen LogP contribution is 2.37. The molecule has 1 atom stereocenters. The average Bonchev–Trinajstić information content (AvgIpc) is 3.14. The van der Waals surface area contributed by atoms with E-state index in [4.69, 9.17) is 4.74 Å². The number of pyridine rings is 1. The van der Waals surface area contributed by atoms with Crippen LogP contribution in [0, 0.1) is 18.6 Å². The highest BCUT2D eigenvalue weighted by molar-refractivity contribution is 5.99. The molecule has 0 spiro atoms. The van der Waals surface area contributed by atoms with Crippen molar-refractivity contribution >= 4 is 23.2 Å². The maximum Gasteiger partial charge on any atom is 0.268 e. The van der Waals surface area contributed by atoms with Gasteiger partial charge in [0.05, 0.1) is 42.3 Å². The predicted molar refractivity (Wildman–Crippen MR) is 131 cm³/mol. The molecule has 2 aliphatic heterocycles. The third kappa shape index (κ3) is 3.86. The Balaban J connectivity index is 1.37. The van der Waals surface area contributed by atoms with Gasteiger partial charge >= 0.3 is 0 Å². The smallest absolute Gasteiger partial charge is 0.268 e. The zero-order valence-electron chi connectivity index (χ0n) is 20.4. The molecule has 6 rings (SSSR count). The number of fused-ring (bicyclic) bond motifs is 2. The van der Waals surface area contributed by atoms with Crippen molar-refractivity contribution in [3.63, 3.8) is 0 Å². The minimum atomic E-state index is -0.859. The molecule has 2 aliphatic rings. The van der Waals surface area contributed by atoms with Gasteiger partial charge in [-0.2, -0.15) is 0 Å². The highest BCUT2D eigenvalue weighted by atomic mass is 19.1. The van der Waals surface area contributed by atoms with Gasteiger partial charge in [-0.1, -0.05) is 6.07 Å². The number of carbonyl (C=O) groups is 1. The monoisotopic (exact) mass is 506 g/mol. The van der Waals surface area contributed by atoms with Crippen molar-refractivity contribution in [1.29, 1.82) is 0 Å². The number of hydrogen-bond acceptors (Lipinski definition) is 7. The topological polar surface area (TPSA) is 96.1 Å². The molecule has 4 aromatic rings. The first-order valence-corrected chi connectivity index (χ1v) is 11.8. The Labute approximate surface area is 211 Å². The van der Waals surface area contributed by atoms with Crippen LogP contribution < -0.4 is 14.5 Å². The Morgan fingerprint density at radius 1 is 1.19 bits per heavy atom. The van der Waals surface area contributed by atoms with Crippen LogP contribution in [0.4, 0.5) is 20.4 Å². The number of halogens is 2. The molecule has 37 heavy (non-hydrogen) atoms. The lowest BCUT2D eigenvalue weighted by Crippen LogP contribution is -2.60. The Morgan fingerprint density at radius 3 is 2.62 bits per heavy atom. The standard InChI is InChI=1S/C26H24F2N6O3/c1-14-21(11-34-20-6-4-5-18(27)23(20)37-15(2)24(34)35)33-10-17(19(28)7-22(33)31-14)16-8-29-25(30-9-16)32-12-26(3,36)13-32/h4-10,15,36H,11-13H2,1-3H3/t15-/m1/s1. The fraction of sp³-hybridized carbons (Fsp3) is 0.308. The van der Waals surface area contributed by atoms with E-state index in [0.717, 1.165) is 0 Å². The number of para-hydroxylation sites is 1. The molecule has 0 radical (unpaired) electrons. The van der Waals surface area contributed by atoms with Crippen molar-refractivity contribution in [2.45, 2.75) is 39.0 Å². The van der Waals surface area contributed by atoms with Crippen LogP contribution in [-0.2, 0) is 11.3 Å². The SMILES string of the molecule is Cc1nc2cc(F)c(-c3cnc(N4CC(C)(O)C4)nc3)cn2c1CN1C(=O)[C@@H](C)Oc2c(F)cccc21. The van der Waals surface area contributed by atoms with Crippen LogP contribution in [0.2, 0.25) is 0 Å². The molecule has 5 heterocycles. The molecule has 190 valence electrons. The Morgan fingerprint density at radius 2 is 1.92 bits per heavy atom. The average molecular weight is 507 g/mol. The Bertz CT molecular complexity index is 1540. The zero-order chi connectivity index (χ0) is 26.1. The van der Waals surface area contributed by atoms with Crippen molar-refractivity contribution in [2.75, 3.05) is 22.9 Å². The maximum absolute atomic E-state index is 15.1. The van der Waals surface area contributed by atoms with Crippen LogP contribution in [-0.4, -0.2) is 55.2 Å². The summed E-state index contributed by atoms with van der Waals surface area (Å²) in [4.78, 5) is 29.5. The molecule has 0 unspecified atom stereocenters. The maximum atomic E-state index is 15.1. The van der Waals surface area contributed by atoms with E-state index in [2.05, 4.69) is 15.0 Å². The number of aryl methyl sites for hydroxylation is 1. The molecule has 0 bridgehead atoms. The van der Waals surface area contributed by atoms with Gasteiger partial charge in [-0.05, 0) is 32.9 Å². The van der Waals surface area contributed by atoms with Gasteiger partial charge in [-0.25, -0.2) is 23.7 Å². The third-order valence-electron chi connectivity index (χ3n) is 6.76. The number of carbonyl (C=O) groups excluding carboxylic acids is 1. The number of amides is 1. The van der Waals surface area contributed by atoms with Crippen LogP contribution in [0.1, 0.15) is 25.2 Å². The largest absolute Gasteiger partial charge is 0.476 e. The van der Waals surface area contributed by atoms with E-state index in [1.165, 1.54) is 35.5 Å². The molecular weight excluding hydrogens is 482 g/mol. The van der Waals surface area contributed by atoms with Gasteiger partial charge in [0.2, 0.25) is 5.95 Å². The molecule has 1 N–H and O–H groups in total. The molecule has 1 fully saturated rings. The second kappa shape index (κ2) is 8.20. The number of imidazole rings is 1. The minimum absolute atomic E-state index is 0.0220. The summed E-state index contributed by atoms with van der Waals surface area (Å²) >= 11 is 0. The van der Waals surface area contributed by atoms with Crippen molar-refractivity contribution in [1.82, 2.24) is 19.4 Å². The van der Waals surface area contributed by atoms with Crippen molar-refractivity contribution in [2.24, 2.45) is 0 Å². The van der Waals surface area contributed by atoms with E-state index in [-0.39, 0.29) is 23.8 Å². The summed E-state index contributed by atoms with van der Waals surface area (Å²) in [6, 6.07) is 5.76. The highest BCUT2D eigenvalue weighted by Gasteiger charge is 2.38. The first kappa shape index (κ1) is 23.3. The summed E-state index contributed by atoms with van der Waals surface area (Å²) in [7, 11) is 0. The number of aliphatic hydroxyl groups is 1. The van der Waals surface area contributed by atoms with Crippen LogP contribution in [0.5, 0.6) is 5.75 Å². The first-order valence-electron chi connectivity index (χ1n) is 11.8. The van der Waals surface area contributed by atoms with Crippen LogP contribution in [0.25, 0.3) is 16.8 Å². The van der Waals surface area contributed by atoms with Gasteiger partial charge in [-0.15, -0.1) is 0 Å². The number of rotatable bonds is 4. The third-order valence-corrected chi connectivity index (χ3v) is 6.76. The number of aromatic nitrogens is 4. The van der Waals surface area contributed by atoms with Crippen molar-refractivity contribution in [3.05, 3.63) is 65.9 Å². The summed E-state index contributed by atoms with van der Waals surface area (Å²) in [5.74, 6) is -0.874. The Kier molecular flexibility index (Phi) is 5.16. The van der Waals surface area contributed by atoms with Gasteiger partial charge in [0.1, 0.15) is 11.5 Å². The van der Waals surface area contributed by atoms with Gasteiger partial charge in [0.25, 0.3) is 5.91 Å². The summed E-state index contributed by atoms with van der Waals surface area (Å²) in [6.45, 7) is 6.04. The van der Waals surface area contributed by atoms with E-state index < -0.39 is 23.3 Å². The molecule has 1 aromatic carbocycles. The van der Waals surface area contributed by atoms with Crippen molar-refractivity contribution in [3.8, 4) is 16.9 Å².